The van der Waals surface area contributed by atoms with Gasteiger partial charge in [0, 0.05) is 16.2 Å². The van der Waals surface area contributed by atoms with Crippen molar-refractivity contribution in [2.45, 2.75) is 65.8 Å². The van der Waals surface area contributed by atoms with Gasteiger partial charge in [0.2, 0.25) is 5.95 Å². The highest BCUT2D eigenvalue weighted by atomic mass is 79.9. The summed E-state index contributed by atoms with van der Waals surface area (Å²) in [4.78, 5) is 5.00. The third-order valence-electron chi connectivity index (χ3n) is 6.21. The van der Waals surface area contributed by atoms with E-state index >= 15 is 0 Å². The standard InChI is InChI=1S/C25H32BrN3/c1-16(2)18-6-9-20(10-7-18)27-24-28-22-13-19(26)8-11-23(22)29(24)21-12-17(3)14-25(4,5)15-21/h6-11,13,16-17,21H,12,14-15H2,1-5H3,(H,27,28)/t17-,21+/m1/s1. The van der Waals surface area contributed by atoms with Crippen LogP contribution in [0.2, 0.25) is 0 Å². The smallest absolute Gasteiger partial charge is 0.208 e. The lowest BCUT2D eigenvalue weighted by Crippen LogP contribution is -2.29. The van der Waals surface area contributed by atoms with E-state index in [1.807, 2.05) is 0 Å². The first-order chi connectivity index (χ1) is 13.7. The molecule has 29 heavy (non-hydrogen) atoms. The molecule has 2 aromatic carbocycles. The van der Waals surface area contributed by atoms with Gasteiger partial charge in [0.05, 0.1) is 11.0 Å². The summed E-state index contributed by atoms with van der Waals surface area (Å²) in [6.07, 6.45) is 3.67. The molecule has 1 saturated carbocycles. The lowest BCUT2D eigenvalue weighted by atomic mass is 9.70. The lowest BCUT2D eigenvalue weighted by molar-refractivity contribution is 0.140. The van der Waals surface area contributed by atoms with E-state index in [2.05, 4.69) is 103 Å². The summed E-state index contributed by atoms with van der Waals surface area (Å²) in [7, 11) is 0. The van der Waals surface area contributed by atoms with E-state index in [1.54, 1.807) is 0 Å². The van der Waals surface area contributed by atoms with Crippen molar-refractivity contribution in [3.63, 3.8) is 0 Å². The molecule has 0 radical (unpaired) electrons. The average molecular weight is 454 g/mol. The van der Waals surface area contributed by atoms with Crippen molar-refractivity contribution >= 4 is 38.6 Å². The Morgan fingerprint density at radius 1 is 1.10 bits per heavy atom. The number of nitrogens with zero attached hydrogens (tertiary/aromatic N) is 2. The van der Waals surface area contributed by atoms with Gasteiger partial charge in [-0.2, -0.15) is 0 Å². The van der Waals surface area contributed by atoms with E-state index in [0.717, 1.165) is 27.5 Å². The second-order valence-electron chi connectivity index (χ2n) is 9.91. The minimum Gasteiger partial charge on any atom is -0.326 e. The Morgan fingerprint density at radius 2 is 1.83 bits per heavy atom. The third kappa shape index (κ3) is 4.37. The van der Waals surface area contributed by atoms with Crippen molar-refractivity contribution in [2.75, 3.05) is 5.32 Å². The van der Waals surface area contributed by atoms with Crippen LogP contribution in [-0.4, -0.2) is 9.55 Å². The molecule has 1 heterocycles. The Kier molecular flexibility index (Phi) is 5.50. The minimum atomic E-state index is 0.352. The molecule has 1 aromatic heterocycles. The second-order valence-corrected chi connectivity index (χ2v) is 10.8. The lowest BCUT2D eigenvalue weighted by Gasteiger charge is -2.40. The van der Waals surface area contributed by atoms with Gasteiger partial charge in [0.25, 0.3) is 0 Å². The normalized spacial score (nSPS) is 21.6. The highest BCUT2D eigenvalue weighted by Gasteiger charge is 2.34. The number of rotatable bonds is 4. The van der Waals surface area contributed by atoms with Crippen molar-refractivity contribution in [3.8, 4) is 0 Å². The van der Waals surface area contributed by atoms with Crippen LogP contribution in [-0.2, 0) is 0 Å². The number of anilines is 2. The molecule has 154 valence electrons. The van der Waals surface area contributed by atoms with Crippen molar-refractivity contribution in [1.29, 1.82) is 0 Å². The SMILES string of the molecule is CC(C)c1ccc(Nc2nc3cc(Br)ccc3n2[C@H]2C[C@@H](C)CC(C)(C)C2)cc1. The highest BCUT2D eigenvalue weighted by molar-refractivity contribution is 9.10. The number of hydrogen-bond acceptors (Lipinski definition) is 2. The fourth-order valence-corrected chi connectivity index (χ4v) is 5.45. The molecule has 0 saturated heterocycles. The average Bonchev–Trinajstić information content (AvgIpc) is 2.97. The Hall–Kier alpha value is -1.81. The predicted molar refractivity (Wildman–Crippen MR) is 127 cm³/mol. The number of hydrogen-bond donors (Lipinski definition) is 1. The molecule has 4 heteroatoms. The van der Waals surface area contributed by atoms with Gasteiger partial charge in [-0.3, -0.25) is 0 Å². The number of nitrogens with one attached hydrogen (secondary N) is 1. The summed E-state index contributed by atoms with van der Waals surface area (Å²) < 4.78 is 3.52. The summed E-state index contributed by atoms with van der Waals surface area (Å²) in [5, 5.41) is 3.62. The van der Waals surface area contributed by atoms with Gasteiger partial charge >= 0.3 is 0 Å². The van der Waals surface area contributed by atoms with E-state index in [0.29, 0.717) is 17.4 Å². The quantitative estimate of drug-likeness (QED) is 0.432. The first kappa shape index (κ1) is 20.5. The van der Waals surface area contributed by atoms with E-state index in [9.17, 15) is 0 Å². The van der Waals surface area contributed by atoms with Gasteiger partial charge in [-0.15, -0.1) is 0 Å². The molecule has 0 spiro atoms. The van der Waals surface area contributed by atoms with Gasteiger partial charge in [0.15, 0.2) is 0 Å². The number of fused-ring (bicyclic) bond motifs is 1. The van der Waals surface area contributed by atoms with Crippen molar-refractivity contribution in [1.82, 2.24) is 9.55 Å². The highest BCUT2D eigenvalue weighted by Crippen LogP contribution is 2.46. The summed E-state index contributed by atoms with van der Waals surface area (Å²) >= 11 is 3.61. The van der Waals surface area contributed by atoms with Crippen LogP contribution in [0.1, 0.15) is 71.4 Å². The van der Waals surface area contributed by atoms with Gasteiger partial charge in [-0.1, -0.05) is 62.7 Å². The molecule has 1 N–H and O–H groups in total. The summed E-state index contributed by atoms with van der Waals surface area (Å²) in [5.74, 6) is 2.21. The zero-order valence-corrected chi connectivity index (χ0v) is 19.8. The van der Waals surface area contributed by atoms with E-state index in [4.69, 9.17) is 4.98 Å². The monoisotopic (exact) mass is 453 g/mol. The van der Waals surface area contributed by atoms with Crippen LogP contribution in [0.4, 0.5) is 11.6 Å². The first-order valence-electron chi connectivity index (χ1n) is 10.8. The molecule has 1 aliphatic carbocycles. The molecule has 4 rings (SSSR count). The summed E-state index contributed by atoms with van der Waals surface area (Å²) in [6.45, 7) is 11.7. The molecule has 0 bridgehead atoms. The molecule has 2 atom stereocenters. The van der Waals surface area contributed by atoms with Crippen LogP contribution < -0.4 is 5.32 Å². The zero-order valence-electron chi connectivity index (χ0n) is 18.2. The van der Waals surface area contributed by atoms with Gasteiger partial charge in [0.1, 0.15) is 0 Å². The molecule has 1 fully saturated rings. The van der Waals surface area contributed by atoms with Crippen LogP contribution >= 0.6 is 15.9 Å². The number of halogens is 1. The molecule has 3 nitrogen and oxygen atoms in total. The second kappa shape index (κ2) is 7.79. The largest absolute Gasteiger partial charge is 0.326 e. The molecule has 0 amide bonds. The summed E-state index contributed by atoms with van der Waals surface area (Å²) in [5.41, 5.74) is 5.05. The molecule has 1 aliphatic rings. The Balaban J connectivity index is 1.75. The van der Waals surface area contributed by atoms with Crippen molar-refractivity contribution < 1.29 is 0 Å². The van der Waals surface area contributed by atoms with Gasteiger partial charge < -0.3 is 9.88 Å². The number of aromatic nitrogens is 2. The maximum atomic E-state index is 5.00. The van der Waals surface area contributed by atoms with Gasteiger partial charge in [-0.05, 0) is 72.4 Å². The maximum Gasteiger partial charge on any atom is 0.208 e. The summed E-state index contributed by atoms with van der Waals surface area (Å²) in [6, 6.07) is 15.7. The fourth-order valence-electron chi connectivity index (χ4n) is 5.10. The Morgan fingerprint density at radius 3 is 2.48 bits per heavy atom. The number of imidazole rings is 1. The fraction of sp³-hybridized carbons (Fsp3) is 0.480. The minimum absolute atomic E-state index is 0.352. The van der Waals surface area contributed by atoms with E-state index < -0.39 is 0 Å². The van der Waals surface area contributed by atoms with Crippen LogP contribution in [0.3, 0.4) is 0 Å². The van der Waals surface area contributed by atoms with E-state index in [1.165, 1.54) is 30.3 Å². The maximum absolute atomic E-state index is 5.00. The molecule has 3 aromatic rings. The Labute approximate surface area is 183 Å². The van der Waals surface area contributed by atoms with Gasteiger partial charge in [-0.25, -0.2) is 4.98 Å². The van der Waals surface area contributed by atoms with Crippen LogP contribution in [0.25, 0.3) is 11.0 Å². The molecule has 0 aliphatic heterocycles. The topological polar surface area (TPSA) is 29.9 Å². The molecular formula is C25H32BrN3. The Bertz CT molecular complexity index is 1000. The van der Waals surface area contributed by atoms with Crippen LogP contribution in [0.5, 0.6) is 0 Å². The van der Waals surface area contributed by atoms with Crippen LogP contribution in [0, 0.1) is 11.3 Å². The van der Waals surface area contributed by atoms with E-state index in [-0.39, 0.29) is 0 Å². The molecule has 0 unspecified atom stereocenters. The van der Waals surface area contributed by atoms with Crippen LogP contribution in [0.15, 0.2) is 46.9 Å². The zero-order chi connectivity index (χ0) is 20.8. The van der Waals surface area contributed by atoms with Crippen molar-refractivity contribution in [2.24, 2.45) is 11.3 Å². The third-order valence-corrected chi connectivity index (χ3v) is 6.71. The molecular weight excluding hydrogens is 422 g/mol. The first-order valence-corrected chi connectivity index (χ1v) is 11.6. The predicted octanol–water partition coefficient (Wildman–Crippen LogP) is 8.05. The van der Waals surface area contributed by atoms with Crippen molar-refractivity contribution in [3.05, 3.63) is 52.5 Å². The number of benzene rings is 2.